The van der Waals surface area contributed by atoms with Crippen LogP contribution in [0.2, 0.25) is 0 Å². The molecule has 1 aromatic heterocycles. The van der Waals surface area contributed by atoms with E-state index >= 15 is 4.39 Å². The monoisotopic (exact) mass is 447 g/mol. The smallest absolute Gasteiger partial charge is 0.341 e. The summed E-state index contributed by atoms with van der Waals surface area (Å²) in [7, 11) is 1.46. The first kappa shape index (κ1) is 22.5. The van der Waals surface area contributed by atoms with Gasteiger partial charge in [0.25, 0.3) is 0 Å². The Morgan fingerprint density at radius 1 is 1.34 bits per heavy atom. The number of nitrogens with zero attached hydrogens (tertiary/aromatic N) is 3. The minimum absolute atomic E-state index is 0.0304. The van der Waals surface area contributed by atoms with E-state index < -0.39 is 17.2 Å². The summed E-state index contributed by atoms with van der Waals surface area (Å²) in [5.74, 6) is -1.65. The van der Waals surface area contributed by atoms with Crippen molar-refractivity contribution in [1.82, 2.24) is 9.47 Å². The zero-order chi connectivity index (χ0) is 23.0. The van der Waals surface area contributed by atoms with Gasteiger partial charge in [-0.3, -0.25) is 4.79 Å². The number of aromatic nitrogens is 1. The minimum atomic E-state index is -1.32. The lowest BCUT2D eigenvalue weighted by Gasteiger charge is -2.37. The number of fused-ring (bicyclic) bond motifs is 1. The summed E-state index contributed by atoms with van der Waals surface area (Å²) in [6, 6.07) is 1.24. The van der Waals surface area contributed by atoms with Gasteiger partial charge in [0.15, 0.2) is 11.6 Å². The summed E-state index contributed by atoms with van der Waals surface area (Å²) in [6.45, 7) is 8.20. The largest absolute Gasteiger partial charge is 0.492 e. The van der Waals surface area contributed by atoms with Crippen molar-refractivity contribution in [3.05, 3.63) is 33.9 Å². The SMILES string of the molecule is CCN(CC)CC1CN(c2c(F)cc3c(=O)c(C(=O)O)cn(C4CC4)c3c2OC)CCO1. The van der Waals surface area contributed by atoms with Crippen molar-refractivity contribution in [3.63, 3.8) is 0 Å². The van der Waals surface area contributed by atoms with Crippen LogP contribution in [0.3, 0.4) is 0 Å². The van der Waals surface area contributed by atoms with Crippen LogP contribution in [0.4, 0.5) is 10.1 Å². The molecular formula is C23H30FN3O5. The third kappa shape index (κ3) is 4.06. The van der Waals surface area contributed by atoms with Crippen LogP contribution >= 0.6 is 0 Å². The number of carboxylic acids is 1. The number of morpholine rings is 1. The molecule has 2 heterocycles. The van der Waals surface area contributed by atoms with Crippen molar-refractivity contribution >= 4 is 22.6 Å². The topological polar surface area (TPSA) is 84.2 Å². The van der Waals surface area contributed by atoms with Gasteiger partial charge >= 0.3 is 5.97 Å². The first-order valence-corrected chi connectivity index (χ1v) is 11.2. The van der Waals surface area contributed by atoms with E-state index in [2.05, 4.69) is 18.7 Å². The minimum Gasteiger partial charge on any atom is -0.492 e. The van der Waals surface area contributed by atoms with E-state index in [4.69, 9.17) is 9.47 Å². The molecule has 1 aliphatic carbocycles. The Morgan fingerprint density at radius 3 is 2.66 bits per heavy atom. The van der Waals surface area contributed by atoms with Gasteiger partial charge in [0.05, 0.1) is 30.7 Å². The Labute approximate surface area is 186 Å². The number of benzene rings is 1. The maximum atomic E-state index is 15.5. The van der Waals surface area contributed by atoms with E-state index in [1.807, 2.05) is 4.90 Å². The van der Waals surface area contributed by atoms with Gasteiger partial charge < -0.3 is 28.9 Å². The number of hydrogen-bond donors (Lipinski definition) is 1. The number of pyridine rings is 1. The third-order valence-electron chi connectivity index (χ3n) is 6.38. The lowest BCUT2D eigenvalue weighted by atomic mass is 10.1. The fraction of sp³-hybridized carbons (Fsp3) is 0.565. The van der Waals surface area contributed by atoms with Crippen molar-refractivity contribution < 1.29 is 23.8 Å². The Hall–Kier alpha value is -2.65. The average molecular weight is 448 g/mol. The van der Waals surface area contributed by atoms with E-state index in [0.717, 1.165) is 38.5 Å². The highest BCUT2D eigenvalue weighted by molar-refractivity contribution is 5.97. The predicted molar refractivity (Wildman–Crippen MR) is 120 cm³/mol. The molecule has 1 unspecified atom stereocenters. The van der Waals surface area contributed by atoms with Gasteiger partial charge in [0.1, 0.15) is 11.3 Å². The predicted octanol–water partition coefficient (Wildman–Crippen LogP) is 2.73. The zero-order valence-electron chi connectivity index (χ0n) is 18.8. The molecule has 1 saturated heterocycles. The van der Waals surface area contributed by atoms with Crippen LogP contribution in [-0.2, 0) is 4.74 Å². The molecule has 0 spiro atoms. The van der Waals surface area contributed by atoms with Crippen molar-refractivity contribution in [2.24, 2.45) is 0 Å². The highest BCUT2D eigenvalue weighted by Crippen LogP contribution is 2.43. The van der Waals surface area contributed by atoms with E-state index in [1.54, 1.807) is 4.57 Å². The van der Waals surface area contributed by atoms with Crippen LogP contribution in [0.5, 0.6) is 5.75 Å². The number of aromatic carboxylic acids is 1. The van der Waals surface area contributed by atoms with Gasteiger partial charge in [-0.1, -0.05) is 13.8 Å². The second-order valence-corrected chi connectivity index (χ2v) is 8.38. The number of carbonyl (C=O) groups is 1. The number of likely N-dealkylation sites (N-methyl/N-ethyl adjacent to an activating group) is 1. The molecule has 1 aromatic carbocycles. The van der Waals surface area contributed by atoms with Crippen molar-refractivity contribution in [1.29, 1.82) is 0 Å². The molecule has 32 heavy (non-hydrogen) atoms. The van der Waals surface area contributed by atoms with E-state index in [9.17, 15) is 14.7 Å². The molecule has 1 N–H and O–H groups in total. The van der Waals surface area contributed by atoms with Gasteiger partial charge in [-0.15, -0.1) is 0 Å². The summed E-state index contributed by atoms with van der Waals surface area (Å²) < 4.78 is 28.9. The fourth-order valence-corrected chi connectivity index (χ4v) is 4.53. The maximum Gasteiger partial charge on any atom is 0.341 e. The number of hydrogen-bond acceptors (Lipinski definition) is 6. The molecule has 1 saturated carbocycles. The maximum absolute atomic E-state index is 15.5. The second-order valence-electron chi connectivity index (χ2n) is 8.38. The molecule has 0 amide bonds. The van der Waals surface area contributed by atoms with Crippen LogP contribution < -0.4 is 15.1 Å². The quantitative estimate of drug-likeness (QED) is 0.666. The third-order valence-corrected chi connectivity index (χ3v) is 6.38. The summed E-state index contributed by atoms with van der Waals surface area (Å²) in [6.07, 6.45) is 3.04. The summed E-state index contributed by atoms with van der Waals surface area (Å²) in [5, 5.41) is 9.51. The first-order chi connectivity index (χ1) is 15.4. The Kier molecular flexibility index (Phi) is 6.39. The van der Waals surface area contributed by atoms with Crippen LogP contribution in [0, 0.1) is 5.82 Å². The summed E-state index contributed by atoms with van der Waals surface area (Å²) in [5.41, 5.74) is -0.309. The highest BCUT2D eigenvalue weighted by Gasteiger charge is 2.33. The Bertz CT molecular complexity index is 1080. The highest BCUT2D eigenvalue weighted by atomic mass is 19.1. The molecule has 9 heteroatoms. The number of methoxy groups -OCH3 is 1. The van der Waals surface area contributed by atoms with Crippen molar-refractivity contribution in [2.75, 3.05) is 51.3 Å². The van der Waals surface area contributed by atoms with Crippen molar-refractivity contribution in [2.45, 2.75) is 38.8 Å². The lowest BCUT2D eigenvalue weighted by molar-refractivity contribution is 0.0174. The molecule has 8 nitrogen and oxygen atoms in total. The Balaban J connectivity index is 1.83. The molecule has 2 fully saturated rings. The van der Waals surface area contributed by atoms with E-state index in [0.29, 0.717) is 30.9 Å². The number of ether oxygens (including phenoxy) is 2. The summed E-state index contributed by atoms with van der Waals surface area (Å²) in [4.78, 5) is 28.7. The van der Waals surface area contributed by atoms with Crippen molar-refractivity contribution in [3.8, 4) is 5.75 Å². The summed E-state index contributed by atoms with van der Waals surface area (Å²) >= 11 is 0. The first-order valence-electron chi connectivity index (χ1n) is 11.2. The van der Waals surface area contributed by atoms with Gasteiger partial charge in [-0.05, 0) is 32.0 Å². The van der Waals surface area contributed by atoms with Gasteiger partial charge in [0, 0.05) is 31.9 Å². The standard InChI is InChI=1S/C23H30FN3O5/c1-4-25(5-2)11-15-12-26(8-9-32-15)20-18(24)10-16-19(22(20)31-3)27(14-6-7-14)13-17(21(16)28)23(29)30/h10,13-15H,4-9,11-12H2,1-3H3,(H,29,30). The Morgan fingerprint density at radius 2 is 2.06 bits per heavy atom. The number of rotatable bonds is 8. The fourth-order valence-electron chi connectivity index (χ4n) is 4.53. The van der Waals surface area contributed by atoms with Crippen LogP contribution in [0.25, 0.3) is 10.9 Å². The van der Waals surface area contributed by atoms with Crippen LogP contribution in [0.15, 0.2) is 17.1 Å². The van der Waals surface area contributed by atoms with Gasteiger partial charge in [0.2, 0.25) is 5.43 Å². The zero-order valence-corrected chi connectivity index (χ0v) is 18.8. The molecule has 1 atom stereocenters. The van der Waals surface area contributed by atoms with Gasteiger partial charge in [-0.25, -0.2) is 9.18 Å². The molecule has 4 rings (SSSR count). The van der Waals surface area contributed by atoms with Crippen LogP contribution in [-0.4, -0.2) is 73.1 Å². The average Bonchev–Trinajstić information content (AvgIpc) is 3.62. The number of carboxylic acid groups (broad SMARTS) is 1. The molecule has 0 radical (unpaired) electrons. The lowest BCUT2D eigenvalue weighted by Crippen LogP contribution is -2.48. The molecular weight excluding hydrogens is 417 g/mol. The molecule has 2 aromatic rings. The molecule has 2 aliphatic rings. The molecule has 0 bridgehead atoms. The van der Waals surface area contributed by atoms with E-state index in [-0.39, 0.29) is 28.8 Å². The normalized spacial score (nSPS) is 19.0. The van der Waals surface area contributed by atoms with Crippen LogP contribution in [0.1, 0.15) is 43.1 Å². The van der Waals surface area contributed by atoms with Gasteiger partial charge in [-0.2, -0.15) is 0 Å². The second kappa shape index (κ2) is 9.07. The molecule has 174 valence electrons. The number of anilines is 1. The van der Waals surface area contributed by atoms with E-state index in [1.165, 1.54) is 13.3 Å². The molecule has 1 aliphatic heterocycles. The number of halogens is 1.